The lowest BCUT2D eigenvalue weighted by atomic mass is 9.98. The van der Waals surface area contributed by atoms with Crippen LogP contribution < -0.4 is 0 Å². The lowest BCUT2D eigenvalue weighted by molar-refractivity contribution is -0.128. The molecule has 2 heteroatoms. The number of allylic oxidation sites excluding steroid dienone is 2. The van der Waals surface area contributed by atoms with E-state index in [0.29, 0.717) is 17.8 Å². The third kappa shape index (κ3) is 4.85. The molecular weight excluding hydrogens is 234 g/mol. The summed E-state index contributed by atoms with van der Waals surface area (Å²) in [7, 11) is 0. The van der Waals surface area contributed by atoms with E-state index >= 15 is 0 Å². The van der Waals surface area contributed by atoms with Gasteiger partial charge in [-0.1, -0.05) is 32.1 Å². The Bertz CT molecular complexity index is 354. The highest BCUT2D eigenvalue weighted by atomic mass is 16.2. The molecule has 0 aromatic rings. The van der Waals surface area contributed by atoms with E-state index in [1.807, 2.05) is 11.8 Å². The van der Waals surface area contributed by atoms with E-state index in [1.165, 1.54) is 18.4 Å². The van der Waals surface area contributed by atoms with Gasteiger partial charge in [-0.05, 0) is 57.1 Å². The van der Waals surface area contributed by atoms with E-state index in [-0.39, 0.29) is 5.91 Å². The van der Waals surface area contributed by atoms with Gasteiger partial charge in [-0.15, -0.1) is 0 Å². The number of rotatable bonds is 8. The summed E-state index contributed by atoms with van der Waals surface area (Å²) in [6.07, 6.45) is 9.19. The van der Waals surface area contributed by atoms with Crippen molar-refractivity contribution in [1.29, 1.82) is 0 Å². The molecule has 2 unspecified atom stereocenters. The van der Waals surface area contributed by atoms with Crippen molar-refractivity contribution >= 4 is 5.91 Å². The Hall–Kier alpha value is -1.05. The van der Waals surface area contributed by atoms with Gasteiger partial charge in [0.25, 0.3) is 0 Å². The normalized spacial score (nSPS) is 24.7. The summed E-state index contributed by atoms with van der Waals surface area (Å²) in [5.41, 5.74) is 1.83. The van der Waals surface area contributed by atoms with Crippen LogP contribution in [0, 0.1) is 11.3 Å². The van der Waals surface area contributed by atoms with Gasteiger partial charge in [0, 0.05) is 13.0 Å². The van der Waals surface area contributed by atoms with E-state index in [2.05, 4.69) is 33.4 Å². The predicted octanol–water partition coefficient (Wildman–Crippen LogP) is 4.53. The van der Waals surface area contributed by atoms with Gasteiger partial charge in [-0.2, -0.15) is 0 Å². The Morgan fingerprint density at radius 2 is 2.16 bits per heavy atom. The van der Waals surface area contributed by atoms with Crippen LogP contribution in [0.15, 0.2) is 24.4 Å². The summed E-state index contributed by atoms with van der Waals surface area (Å²) in [6, 6.07) is 0. The van der Waals surface area contributed by atoms with E-state index in [9.17, 15) is 4.79 Å². The van der Waals surface area contributed by atoms with Crippen molar-refractivity contribution < 1.29 is 4.79 Å². The average molecular weight is 263 g/mol. The molecule has 0 spiro atoms. The van der Waals surface area contributed by atoms with E-state index in [4.69, 9.17) is 0 Å². The molecule has 0 aliphatic heterocycles. The highest BCUT2D eigenvalue weighted by molar-refractivity contribution is 5.77. The number of carbonyl (C=O) groups is 1. The van der Waals surface area contributed by atoms with Crippen molar-refractivity contribution in [1.82, 2.24) is 4.90 Å². The molecule has 0 aromatic heterocycles. The molecule has 1 fully saturated rings. The van der Waals surface area contributed by atoms with Gasteiger partial charge < -0.3 is 4.90 Å². The molecule has 1 aliphatic carbocycles. The Kier molecular flexibility index (Phi) is 5.84. The van der Waals surface area contributed by atoms with Gasteiger partial charge in [0.05, 0.1) is 0 Å². The zero-order valence-corrected chi connectivity index (χ0v) is 13.0. The van der Waals surface area contributed by atoms with E-state index in [1.54, 1.807) is 6.20 Å². The molecule has 1 saturated carbocycles. The number of hydrogen-bond donors (Lipinski definition) is 0. The van der Waals surface area contributed by atoms with Crippen LogP contribution >= 0.6 is 0 Å². The number of carbonyl (C=O) groups excluding carboxylic acids is 1. The summed E-state index contributed by atoms with van der Waals surface area (Å²) in [5, 5.41) is 0. The minimum atomic E-state index is 0.219. The fourth-order valence-electron chi connectivity index (χ4n) is 2.66. The second-order valence-corrected chi connectivity index (χ2v) is 6.35. The molecule has 0 heterocycles. The highest BCUT2D eigenvalue weighted by Gasteiger charge is 2.49. The maximum atomic E-state index is 11.9. The first-order valence-corrected chi connectivity index (χ1v) is 7.48. The molecule has 0 aromatic carbocycles. The summed E-state index contributed by atoms with van der Waals surface area (Å²) < 4.78 is 0. The topological polar surface area (TPSA) is 20.3 Å². The van der Waals surface area contributed by atoms with Crippen LogP contribution in [-0.2, 0) is 4.79 Å². The molecule has 0 saturated heterocycles. The first-order chi connectivity index (χ1) is 8.92. The molecule has 2 atom stereocenters. The van der Waals surface area contributed by atoms with Crippen LogP contribution in [0.2, 0.25) is 0 Å². The van der Waals surface area contributed by atoms with E-state index < -0.39 is 0 Å². The monoisotopic (exact) mass is 263 g/mol. The third-order valence-electron chi connectivity index (χ3n) is 4.23. The molecule has 2 nitrogen and oxygen atoms in total. The third-order valence-corrected chi connectivity index (χ3v) is 4.23. The fourth-order valence-corrected chi connectivity index (χ4v) is 2.66. The molecule has 1 amide bonds. The average Bonchev–Trinajstić information content (AvgIpc) is 2.96. The van der Waals surface area contributed by atoms with Crippen LogP contribution in [0.25, 0.3) is 0 Å². The molecule has 108 valence electrons. The zero-order chi connectivity index (χ0) is 14.5. The van der Waals surface area contributed by atoms with Crippen LogP contribution in [0.1, 0.15) is 59.8 Å². The highest BCUT2D eigenvalue weighted by Crippen LogP contribution is 2.55. The Morgan fingerprint density at radius 1 is 1.47 bits per heavy atom. The van der Waals surface area contributed by atoms with Gasteiger partial charge in [-0.25, -0.2) is 0 Å². The van der Waals surface area contributed by atoms with Gasteiger partial charge >= 0.3 is 0 Å². The van der Waals surface area contributed by atoms with Crippen molar-refractivity contribution in [2.75, 3.05) is 6.54 Å². The van der Waals surface area contributed by atoms with Crippen molar-refractivity contribution in [3.05, 3.63) is 24.4 Å². The van der Waals surface area contributed by atoms with Gasteiger partial charge in [0.15, 0.2) is 0 Å². The molecular formula is C17H29NO. The lowest BCUT2D eigenvalue weighted by Crippen LogP contribution is -2.28. The van der Waals surface area contributed by atoms with Gasteiger partial charge in [0.1, 0.15) is 0 Å². The van der Waals surface area contributed by atoms with Crippen molar-refractivity contribution in [3.8, 4) is 0 Å². The number of nitrogens with zero attached hydrogens (tertiary/aromatic N) is 1. The SMILES string of the molecule is C=CN(CC1CC1(C)CCC=C(C)C)C(=O)CCC. The van der Waals surface area contributed by atoms with Crippen LogP contribution in [-0.4, -0.2) is 17.4 Å². The molecule has 1 aliphatic rings. The Balaban J connectivity index is 2.40. The minimum absolute atomic E-state index is 0.219. The maximum absolute atomic E-state index is 11.9. The Morgan fingerprint density at radius 3 is 2.68 bits per heavy atom. The predicted molar refractivity (Wildman–Crippen MR) is 81.7 cm³/mol. The van der Waals surface area contributed by atoms with Crippen molar-refractivity contribution in [2.45, 2.75) is 59.8 Å². The smallest absolute Gasteiger partial charge is 0.226 e. The fraction of sp³-hybridized carbons (Fsp3) is 0.706. The molecule has 0 bridgehead atoms. The molecule has 19 heavy (non-hydrogen) atoms. The maximum Gasteiger partial charge on any atom is 0.226 e. The molecule has 1 rings (SSSR count). The summed E-state index contributed by atoms with van der Waals surface area (Å²) in [4.78, 5) is 13.7. The summed E-state index contributed by atoms with van der Waals surface area (Å²) in [5.74, 6) is 0.868. The van der Waals surface area contributed by atoms with Crippen LogP contribution in [0.3, 0.4) is 0 Å². The first-order valence-electron chi connectivity index (χ1n) is 7.48. The number of hydrogen-bond acceptors (Lipinski definition) is 1. The van der Waals surface area contributed by atoms with Crippen LogP contribution in [0.4, 0.5) is 0 Å². The van der Waals surface area contributed by atoms with E-state index in [0.717, 1.165) is 19.4 Å². The minimum Gasteiger partial charge on any atom is -0.319 e. The summed E-state index contributed by atoms with van der Waals surface area (Å²) in [6.45, 7) is 13.3. The second kappa shape index (κ2) is 6.93. The second-order valence-electron chi connectivity index (χ2n) is 6.35. The zero-order valence-electron chi connectivity index (χ0n) is 13.0. The lowest BCUT2D eigenvalue weighted by Gasteiger charge is -2.19. The van der Waals surface area contributed by atoms with Gasteiger partial charge in [0.2, 0.25) is 5.91 Å². The first kappa shape index (κ1) is 16.0. The summed E-state index contributed by atoms with van der Waals surface area (Å²) >= 11 is 0. The van der Waals surface area contributed by atoms with Crippen molar-refractivity contribution in [3.63, 3.8) is 0 Å². The van der Waals surface area contributed by atoms with Crippen molar-refractivity contribution in [2.24, 2.45) is 11.3 Å². The number of amides is 1. The Labute approximate surface area is 118 Å². The van der Waals surface area contributed by atoms with Crippen LogP contribution in [0.5, 0.6) is 0 Å². The quantitative estimate of drug-likeness (QED) is 0.589. The molecule has 0 radical (unpaired) electrons. The standard InChI is InChI=1S/C17H29NO/c1-6-9-16(19)18(7-2)13-15-12-17(15,5)11-8-10-14(3)4/h7,10,15H,2,6,8-9,11-13H2,1,3-5H3. The van der Waals surface area contributed by atoms with Gasteiger partial charge in [-0.3, -0.25) is 4.79 Å². The largest absolute Gasteiger partial charge is 0.319 e. The molecule has 0 N–H and O–H groups in total.